The first-order chi connectivity index (χ1) is 6.43. The molecular weight excluding hydrogens is 158 g/mol. The van der Waals surface area contributed by atoms with E-state index in [4.69, 9.17) is 0 Å². The van der Waals surface area contributed by atoms with Gasteiger partial charge in [0.25, 0.3) is 0 Å². The molecule has 0 aromatic rings. The predicted octanol–water partition coefficient (Wildman–Crippen LogP) is 3.98. The van der Waals surface area contributed by atoms with E-state index in [1.165, 1.54) is 32.1 Å². The van der Waals surface area contributed by atoms with Crippen LogP contribution in [0.2, 0.25) is 0 Å². The molecule has 1 aliphatic rings. The van der Waals surface area contributed by atoms with Crippen LogP contribution in [0.15, 0.2) is 0 Å². The van der Waals surface area contributed by atoms with Crippen molar-refractivity contribution < 1.29 is 0 Å². The highest BCUT2D eigenvalue weighted by Crippen LogP contribution is 2.16. The van der Waals surface area contributed by atoms with Gasteiger partial charge in [0.05, 0.1) is 0 Å². The van der Waals surface area contributed by atoms with Gasteiger partial charge in [-0.2, -0.15) is 0 Å². The molecule has 0 atom stereocenters. The molecule has 1 heteroatoms. The Labute approximate surface area is 85.3 Å². The van der Waals surface area contributed by atoms with Crippen LogP contribution in [0.1, 0.15) is 66.7 Å². The van der Waals surface area contributed by atoms with Crippen LogP contribution < -0.4 is 5.32 Å². The Hall–Kier alpha value is -0.0400. The fourth-order valence-corrected chi connectivity index (χ4v) is 1.60. The first-order valence-electron chi connectivity index (χ1n) is 6.17. The number of nitrogens with one attached hydrogen (secondary N) is 1. The minimum absolute atomic E-state index is 0.851. The summed E-state index contributed by atoms with van der Waals surface area (Å²) in [5, 5.41) is 3.48. The third-order valence-corrected chi connectivity index (χ3v) is 2.10. The van der Waals surface area contributed by atoms with Crippen molar-refractivity contribution in [2.45, 2.75) is 72.8 Å². The Morgan fingerprint density at radius 3 is 1.77 bits per heavy atom. The molecule has 0 unspecified atom stereocenters. The summed E-state index contributed by atoms with van der Waals surface area (Å²) in [5.41, 5.74) is 0. The van der Waals surface area contributed by atoms with Gasteiger partial charge in [-0.1, -0.05) is 53.9 Å². The van der Waals surface area contributed by atoms with Crippen LogP contribution in [-0.2, 0) is 0 Å². The lowest BCUT2D eigenvalue weighted by Crippen LogP contribution is -2.30. The van der Waals surface area contributed by atoms with Crippen LogP contribution in [0.4, 0.5) is 0 Å². The van der Waals surface area contributed by atoms with E-state index in [0.29, 0.717) is 0 Å². The molecule has 0 radical (unpaired) electrons. The Kier molecular flexibility index (Phi) is 17.2. The molecule has 1 rings (SSSR count). The van der Waals surface area contributed by atoms with Gasteiger partial charge in [-0.25, -0.2) is 0 Å². The lowest BCUT2D eigenvalue weighted by atomic mass is 9.96. The summed E-state index contributed by atoms with van der Waals surface area (Å²) in [7, 11) is 0. The fraction of sp³-hybridized carbons (Fsp3) is 1.00. The second-order valence-electron chi connectivity index (χ2n) is 2.89. The largest absolute Gasteiger partial charge is 0.314 e. The van der Waals surface area contributed by atoms with Gasteiger partial charge >= 0.3 is 0 Å². The zero-order valence-corrected chi connectivity index (χ0v) is 10.3. The maximum Gasteiger partial charge on any atom is 0.00669 e. The Morgan fingerprint density at radius 2 is 1.38 bits per heavy atom. The van der Waals surface area contributed by atoms with E-state index >= 15 is 0 Å². The third kappa shape index (κ3) is 9.88. The molecule has 0 amide bonds. The predicted molar refractivity (Wildman–Crippen MR) is 63.2 cm³/mol. The Morgan fingerprint density at radius 1 is 0.923 bits per heavy atom. The van der Waals surface area contributed by atoms with E-state index in [0.717, 1.165) is 12.6 Å². The van der Waals surface area contributed by atoms with Crippen LogP contribution in [0, 0.1) is 0 Å². The molecule has 0 saturated heterocycles. The van der Waals surface area contributed by atoms with Crippen LogP contribution in [0.25, 0.3) is 0 Å². The van der Waals surface area contributed by atoms with Crippen LogP contribution in [0.3, 0.4) is 0 Å². The van der Waals surface area contributed by atoms with Crippen molar-refractivity contribution in [3.05, 3.63) is 0 Å². The zero-order valence-electron chi connectivity index (χ0n) is 10.3. The van der Waals surface area contributed by atoms with Crippen LogP contribution >= 0.6 is 0 Å². The monoisotopic (exact) mass is 187 g/mol. The number of rotatable bonds is 2. The summed E-state index contributed by atoms with van der Waals surface area (Å²) in [6.45, 7) is 11.3. The molecule has 0 spiro atoms. The average Bonchev–Trinajstić information content (AvgIpc) is 2.26. The minimum atomic E-state index is 0.851. The minimum Gasteiger partial charge on any atom is -0.314 e. The molecule has 1 fully saturated rings. The second kappa shape index (κ2) is 14.5. The molecular formula is C12H29N. The standard InChI is InChI=1S/C8H17N.2C2H6/c1-2-9-8-6-4-3-5-7-8;2*1-2/h8-9H,2-7H2,1H3;2*1-2H3. The van der Waals surface area contributed by atoms with E-state index in [2.05, 4.69) is 12.2 Å². The molecule has 1 aliphatic carbocycles. The normalized spacial score (nSPS) is 16.4. The summed E-state index contributed by atoms with van der Waals surface area (Å²) < 4.78 is 0. The summed E-state index contributed by atoms with van der Waals surface area (Å²) in [6.07, 6.45) is 7.17. The van der Waals surface area contributed by atoms with Gasteiger partial charge in [-0.15, -0.1) is 0 Å². The zero-order chi connectivity index (χ0) is 10.5. The highest BCUT2D eigenvalue weighted by molar-refractivity contribution is 4.70. The van der Waals surface area contributed by atoms with Crippen molar-refractivity contribution in [2.75, 3.05) is 6.54 Å². The van der Waals surface area contributed by atoms with Crippen molar-refractivity contribution in [1.82, 2.24) is 5.32 Å². The van der Waals surface area contributed by atoms with Crippen molar-refractivity contribution in [3.8, 4) is 0 Å². The molecule has 0 aromatic heterocycles. The molecule has 13 heavy (non-hydrogen) atoms. The maximum absolute atomic E-state index is 3.48. The highest BCUT2D eigenvalue weighted by atomic mass is 14.9. The van der Waals surface area contributed by atoms with Crippen molar-refractivity contribution in [2.24, 2.45) is 0 Å². The molecule has 1 saturated carbocycles. The second-order valence-corrected chi connectivity index (χ2v) is 2.89. The summed E-state index contributed by atoms with van der Waals surface area (Å²) in [4.78, 5) is 0. The van der Waals surface area contributed by atoms with E-state index in [9.17, 15) is 0 Å². The van der Waals surface area contributed by atoms with E-state index in [-0.39, 0.29) is 0 Å². The summed E-state index contributed by atoms with van der Waals surface area (Å²) in [6, 6.07) is 0.851. The van der Waals surface area contributed by atoms with Gasteiger partial charge in [0, 0.05) is 6.04 Å². The van der Waals surface area contributed by atoms with Crippen molar-refractivity contribution in [3.63, 3.8) is 0 Å². The van der Waals surface area contributed by atoms with Gasteiger partial charge in [0.1, 0.15) is 0 Å². The average molecular weight is 187 g/mol. The van der Waals surface area contributed by atoms with Crippen LogP contribution in [0.5, 0.6) is 0 Å². The molecule has 0 aliphatic heterocycles. The molecule has 0 heterocycles. The van der Waals surface area contributed by atoms with Crippen molar-refractivity contribution in [1.29, 1.82) is 0 Å². The lowest BCUT2D eigenvalue weighted by molar-refractivity contribution is 0.380. The Bertz CT molecular complexity index is 62.8. The van der Waals surface area contributed by atoms with Gasteiger partial charge in [-0.05, 0) is 19.4 Å². The first kappa shape index (κ1) is 15.4. The summed E-state index contributed by atoms with van der Waals surface area (Å²) in [5.74, 6) is 0. The highest BCUT2D eigenvalue weighted by Gasteiger charge is 2.10. The number of hydrogen-bond donors (Lipinski definition) is 1. The molecule has 0 aromatic carbocycles. The number of hydrogen-bond acceptors (Lipinski definition) is 1. The van der Waals surface area contributed by atoms with Crippen molar-refractivity contribution >= 4 is 0 Å². The molecule has 0 bridgehead atoms. The SMILES string of the molecule is CC.CC.CCNC1CCCCC1. The third-order valence-electron chi connectivity index (χ3n) is 2.10. The topological polar surface area (TPSA) is 12.0 Å². The molecule has 1 N–H and O–H groups in total. The molecule has 1 nitrogen and oxygen atoms in total. The summed E-state index contributed by atoms with van der Waals surface area (Å²) >= 11 is 0. The van der Waals surface area contributed by atoms with E-state index < -0.39 is 0 Å². The van der Waals surface area contributed by atoms with Gasteiger partial charge < -0.3 is 5.32 Å². The van der Waals surface area contributed by atoms with E-state index in [1.54, 1.807) is 0 Å². The lowest BCUT2D eigenvalue weighted by Gasteiger charge is -2.21. The Balaban J connectivity index is 0. The smallest absolute Gasteiger partial charge is 0.00669 e. The quantitative estimate of drug-likeness (QED) is 0.689. The molecule has 82 valence electrons. The van der Waals surface area contributed by atoms with Gasteiger partial charge in [0.15, 0.2) is 0 Å². The fourth-order valence-electron chi connectivity index (χ4n) is 1.60. The van der Waals surface area contributed by atoms with Gasteiger partial charge in [-0.3, -0.25) is 0 Å². The van der Waals surface area contributed by atoms with Crippen LogP contribution in [-0.4, -0.2) is 12.6 Å². The van der Waals surface area contributed by atoms with E-state index in [1.807, 2.05) is 27.7 Å². The first-order valence-corrected chi connectivity index (χ1v) is 6.17. The van der Waals surface area contributed by atoms with Gasteiger partial charge in [0.2, 0.25) is 0 Å². The maximum atomic E-state index is 3.48.